The Balaban J connectivity index is 1.34. The minimum Gasteiger partial charge on any atom is -0.345 e. The molecule has 5 rings (SSSR count). The van der Waals surface area contributed by atoms with Gasteiger partial charge in [0.25, 0.3) is 5.91 Å². The number of piperidine rings is 1. The van der Waals surface area contributed by atoms with Crippen LogP contribution in [0.4, 0.5) is 8.78 Å². The van der Waals surface area contributed by atoms with Gasteiger partial charge in [-0.2, -0.15) is 0 Å². The molecule has 3 aromatic rings. The number of amides is 1. The second-order valence-electron chi connectivity index (χ2n) is 9.13. The maximum atomic E-state index is 14.2. The molecule has 1 amide bonds. The number of hydrogen-bond acceptors (Lipinski definition) is 3. The van der Waals surface area contributed by atoms with Crippen LogP contribution in [0, 0.1) is 11.6 Å². The molecule has 6 heteroatoms. The maximum Gasteiger partial charge on any atom is 0.253 e. The number of piperazine rings is 1. The van der Waals surface area contributed by atoms with Crippen molar-refractivity contribution in [3.8, 4) is 11.1 Å². The Kier molecular flexibility index (Phi) is 5.72. The molecule has 0 aliphatic carbocycles. The van der Waals surface area contributed by atoms with Crippen LogP contribution in [0.25, 0.3) is 11.1 Å². The second kappa shape index (κ2) is 8.69. The zero-order chi connectivity index (χ0) is 23.1. The van der Waals surface area contributed by atoms with Gasteiger partial charge in [-0.25, -0.2) is 8.78 Å². The summed E-state index contributed by atoms with van der Waals surface area (Å²) in [7, 11) is 3.50. The molecule has 1 unspecified atom stereocenters. The van der Waals surface area contributed by atoms with Gasteiger partial charge in [0.2, 0.25) is 0 Å². The average molecular weight is 448 g/mol. The summed E-state index contributed by atoms with van der Waals surface area (Å²) in [4.78, 5) is 16.2. The summed E-state index contributed by atoms with van der Waals surface area (Å²) in [5.41, 5.74) is 4.40. The van der Waals surface area contributed by atoms with E-state index < -0.39 is 5.82 Å². The fourth-order valence-electron chi connectivity index (χ4n) is 5.21. The summed E-state index contributed by atoms with van der Waals surface area (Å²) in [6, 6.07) is 20.4. The normalized spacial score (nSPS) is 22.0. The molecule has 4 nitrogen and oxygen atoms in total. The van der Waals surface area contributed by atoms with Crippen LogP contribution in [-0.2, 0) is 6.54 Å². The molecule has 0 aromatic heterocycles. The highest BCUT2D eigenvalue weighted by Crippen LogP contribution is 2.44. The number of carbonyl (C=O) groups excluding carboxylic acids is 1. The summed E-state index contributed by atoms with van der Waals surface area (Å²) < 4.78 is 27.8. The SMILES string of the molecule is CN(C)C(=O)c1cccc(-c2ccc(C3[C@H]4CNC[C@@H]3N4Cc3cc(F)ccc3F)cc2)c1. The fourth-order valence-corrected chi connectivity index (χ4v) is 5.21. The Morgan fingerprint density at radius 2 is 1.70 bits per heavy atom. The highest BCUT2D eigenvalue weighted by atomic mass is 19.1. The van der Waals surface area contributed by atoms with E-state index in [-0.39, 0.29) is 23.8 Å². The number of likely N-dealkylation sites (tertiary alicyclic amines) is 1. The number of nitrogens with zero attached hydrogens (tertiary/aromatic N) is 2. The first kappa shape index (κ1) is 21.7. The second-order valence-corrected chi connectivity index (χ2v) is 9.13. The molecule has 33 heavy (non-hydrogen) atoms. The van der Waals surface area contributed by atoms with E-state index in [1.54, 1.807) is 19.0 Å². The number of fused-ring (bicyclic) bond motifs is 2. The monoisotopic (exact) mass is 447 g/mol. The molecule has 2 heterocycles. The Morgan fingerprint density at radius 1 is 0.970 bits per heavy atom. The van der Waals surface area contributed by atoms with E-state index in [2.05, 4.69) is 34.5 Å². The molecule has 0 radical (unpaired) electrons. The van der Waals surface area contributed by atoms with E-state index in [1.165, 1.54) is 17.7 Å². The van der Waals surface area contributed by atoms with Crippen molar-refractivity contribution in [1.29, 1.82) is 0 Å². The number of carbonyl (C=O) groups is 1. The fraction of sp³-hybridized carbons (Fsp3) is 0.296. The molecule has 2 fully saturated rings. The van der Waals surface area contributed by atoms with Gasteiger partial charge in [0.1, 0.15) is 11.6 Å². The molecule has 2 aliphatic rings. The van der Waals surface area contributed by atoms with Crippen LogP contribution >= 0.6 is 0 Å². The van der Waals surface area contributed by atoms with Crippen LogP contribution in [0.5, 0.6) is 0 Å². The molecular weight excluding hydrogens is 420 g/mol. The Bertz CT molecular complexity index is 1170. The van der Waals surface area contributed by atoms with Crippen LogP contribution < -0.4 is 5.32 Å². The third kappa shape index (κ3) is 4.05. The lowest BCUT2D eigenvalue weighted by Crippen LogP contribution is -2.72. The lowest BCUT2D eigenvalue weighted by Gasteiger charge is -2.59. The minimum absolute atomic E-state index is 0.0157. The van der Waals surface area contributed by atoms with Crippen molar-refractivity contribution in [3.63, 3.8) is 0 Å². The van der Waals surface area contributed by atoms with Crippen molar-refractivity contribution in [2.45, 2.75) is 24.5 Å². The molecule has 2 saturated heterocycles. The predicted molar refractivity (Wildman–Crippen MR) is 125 cm³/mol. The van der Waals surface area contributed by atoms with Crippen LogP contribution in [0.2, 0.25) is 0 Å². The van der Waals surface area contributed by atoms with Gasteiger partial charge in [-0.15, -0.1) is 0 Å². The number of halogens is 2. The van der Waals surface area contributed by atoms with Gasteiger partial charge in [-0.1, -0.05) is 36.4 Å². The van der Waals surface area contributed by atoms with E-state index in [0.717, 1.165) is 30.3 Å². The molecule has 3 atom stereocenters. The molecule has 3 aromatic carbocycles. The van der Waals surface area contributed by atoms with Crippen LogP contribution in [0.3, 0.4) is 0 Å². The molecule has 0 spiro atoms. The minimum atomic E-state index is -0.404. The van der Waals surface area contributed by atoms with Gasteiger partial charge in [-0.3, -0.25) is 9.69 Å². The molecule has 170 valence electrons. The third-order valence-corrected chi connectivity index (χ3v) is 6.89. The molecule has 2 aliphatic heterocycles. The zero-order valence-corrected chi connectivity index (χ0v) is 18.8. The van der Waals surface area contributed by atoms with E-state index >= 15 is 0 Å². The van der Waals surface area contributed by atoms with Gasteiger partial charge >= 0.3 is 0 Å². The van der Waals surface area contributed by atoms with Crippen molar-refractivity contribution in [2.24, 2.45) is 0 Å². The Hall–Kier alpha value is -3.09. The van der Waals surface area contributed by atoms with Crippen LogP contribution in [-0.4, -0.2) is 55.0 Å². The number of hydrogen-bond donors (Lipinski definition) is 1. The quantitative estimate of drug-likeness (QED) is 0.635. The molecular formula is C27H27F2N3O. The van der Waals surface area contributed by atoms with Crippen molar-refractivity contribution < 1.29 is 13.6 Å². The average Bonchev–Trinajstić information content (AvgIpc) is 2.84. The van der Waals surface area contributed by atoms with Crippen molar-refractivity contribution >= 4 is 5.91 Å². The predicted octanol–water partition coefficient (Wildman–Crippen LogP) is 4.27. The van der Waals surface area contributed by atoms with Crippen LogP contribution in [0.15, 0.2) is 66.7 Å². The number of rotatable bonds is 5. The van der Waals surface area contributed by atoms with Gasteiger partial charge in [0.15, 0.2) is 0 Å². The lowest BCUT2D eigenvalue weighted by molar-refractivity contribution is -0.0490. The molecule has 0 saturated carbocycles. The third-order valence-electron chi connectivity index (χ3n) is 6.89. The number of benzene rings is 3. The summed E-state index contributed by atoms with van der Waals surface area (Å²) in [6.45, 7) is 2.07. The van der Waals surface area contributed by atoms with Gasteiger partial charge in [0.05, 0.1) is 0 Å². The lowest BCUT2D eigenvalue weighted by atomic mass is 9.72. The first-order valence-corrected chi connectivity index (χ1v) is 11.2. The first-order valence-electron chi connectivity index (χ1n) is 11.2. The van der Waals surface area contributed by atoms with Gasteiger partial charge in [-0.05, 0) is 47.0 Å². The van der Waals surface area contributed by atoms with E-state index in [9.17, 15) is 13.6 Å². The van der Waals surface area contributed by atoms with E-state index in [4.69, 9.17) is 0 Å². The van der Waals surface area contributed by atoms with E-state index in [0.29, 0.717) is 23.6 Å². The van der Waals surface area contributed by atoms with Crippen molar-refractivity contribution in [3.05, 3.63) is 95.1 Å². The summed E-state index contributed by atoms with van der Waals surface area (Å²) >= 11 is 0. The van der Waals surface area contributed by atoms with Crippen molar-refractivity contribution in [1.82, 2.24) is 15.1 Å². The Labute approximate surface area is 192 Å². The highest BCUT2D eigenvalue weighted by Gasteiger charge is 2.51. The summed E-state index contributed by atoms with van der Waals surface area (Å²) in [6.07, 6.45) is 0. The largest absolute Gasteiger partial charge is 0.345 e. The standard InChI is InChI=1S/C27H27F2N3O/c1-31(2)27(33)20-5-3-4-19(12-20)17-6-8-18(9-7-17)26-24-14-30-15-25(26)32(24)16-21-13-22(28)10-11-23(21)29/h3-13,24-26,30H,14-16H2,1-2H3/t24-,25+,26?. The highest BCUT2D eigenvalue weighted by molar-refractivity contribution is 5.95. The maximum absolute atomic E-state index is 14.2. The van der Waals surface area contributed by atoms with Gasteiger partial charge < -0.3 is 10.2 Å². The zero-order valence-electron chi connectivity index (χ0n) is 18.8. The summed E-state index contributed by atoms with van der Waals surface area (Å²) in [5.74, 6) is -0.416. The van der Waals surface area contributed by atoms with Crippen molar-refractivity contribution in [2.75, 3.05) is 27.2 Å². The first-order chi connectivity index (χ1) is 15.9. The molecule has 2 bridgehead atoms. The number of nitrogens with one attached hydrogen (secondary N) is 1. The van der Waals surface area contributed by atoms with Crippen LogP contribution in [0.1, 0.15) is 27.4 Å². The molecule has 1 N–H and O–H groups in total. The Morgan fingerprint density at radius 3 is 2.39 bits per heavy atom. The topological polar surface area (TPSA) is 35.6 Å². The van der Waals surface area contributed by atoms with E-state index in [1.807, 2.05) is 24.3 Å². The smallest absolute Gasteiger partial charge is 0.253 e. The summed E-state index contributed by atoms with van der Waals surface area (Å²) in [5, 5.41) is 3.44. The van der Waals surface area contributed by atoms with Gasteiger partial charge in [0, 0.05) is 62.9 Å².